The maximum Gasteiger partial charge on any atom is 0.276 e. The summed E-state index contributed by atoms with van der Waals surface area (Å²) in [4.78, 5) is 14.3. The molecular weight excluding hydrogens is 244 g/mol. The van der Waals surface area contributed by atoms with Crippen LogP contribution in [0.15, 0.2) is 10.6 Å². The van der Waals surface area contributed by atoms with Crippen LogP contribution < -0.4 is 0 Å². The van der Waals surface area contributed by atoms with E-state index in [2.05, 4.69) is 5.16 Å². The van der Waals surface area contributed by atoms with Crippen LogP contribution in [0.25, 0.3) is 0 Å². The Kier molecular flexibility index (Phi) is 3.09. The molecule has 2 fully saturated rings. The molecular formula is C14H20N2O3. The van der Waals surface area contributed by atoms with Crippen LogP contribution in [0.4, 0.5) is 0 Å². The molecule has 0 unspecified atom stereocenters. The van der Waals surface area contributed by atoms with E-state index in [0.717, 1.165) is 26.1 Å². The minimum atomic E-state index is -0.0123. The minimum absolute atomic E-state index is 0.0123. The van der Waals surface area contributed by atoms with Crippen molar-refractivity contribution in [1.29, 1.82) is 0 Å². The largest absolute Gasteiger partial charge is 0.384 e. The zero-order valence-corrected chi connectivity index (χ0v) is 11.5. The molecule has 1 saturated carbocycles. The van der Waals surface area contributed by atoms with Crippen LogP contribution in [0.3, 0.4) is 0 Å². The second kappa shape index (κ2) is 4.63. The Bertz CT molecular complexity index is 485. The Hall–Kier alpha value is -1.36. The minimum Gasteiger partial charge on any atom is -0.384 e. The average Bonchev–Trinajstić information content (AvgIpc) is 3.02. The highest BCUT2D eigenvalue weighted by molar-refractivity contribution is 5.92. The summed E-state index contributed by atoms with van der Waals surface area (Å²) < 4.78 is 10.4. The lowest BCUT2D eigenvalue weighted by Crippen LogP contribution is -2.34. The summed E-state index contributed by atoms with van der Waals surface area (Å²) in [7, 11) is 1.75. The summed E-state index contributed by atoms with van der Waals surface area (Å²) >= 11 is 0. The van der Waals surface area contributed by atoms with E-state index in [1.165, 1.54) is 12.8 Å². The molecule has 1 aromatic heterocycles. The second-order valence-corrected chi connectivity index (χ2v) is 5.89. The number of aromatic nitrogens is 1. The van der Waals surface area contributed by atoms with Crippen molar-refractivity contribution in [1.82, 2.24) is 10.1 Å². The molecule has 1 aromatic rings. The van der Waals surface area contributed by atoms with Crippen molar-refractivity contribution in [3.05, 3.63) is 17.5 Å². The number of hydrogen-bond acceptors (Lipinski definition) is 4. The van der Waals surface area contributed by atoms with E-state index in [4.69, 9.17) is 9.26 Å². The van der Waals surface area contributed by atoms with Crippen LogP contribution >= 0.6 is 0 Å². The maximum absolute atomic E-state index is 12.4. The molecule has 2 aliphatic rings. The van der Waals surface area contributed by atoms with E-state index < -0.39 is 0 Å². The fourth-order valence-corrected chi connectivity index (χ4v) is 3.72. The first kappa shape index (κ1) is 12.7. The van der Waals surface area contributed by atoms with Crippen molar-refractivity contribution in [3.8, 4) is 0 Å². The molecule has 1 amide bonds. The monoisotopic (exact) mass is 264 g/mol. The summed E-state index contributed by atoms with van der Waals surface area (Å²) in [6, 6.07) is 1.71. The van der Waals surface area contributed by atoms with Gasteiger partial charge in [-0.3, -0.25) is 4.79 Å². The van der Waals surface area contributed by atoms with Gasteiger partial charge in [-0.1, -0.05) is 11.6 Å². The van der Waals surface area contributed by atoms with Gasteiger partial charge in [-0.25, -0.2) is 0 Å². The van der Waals surface area contributed by atoms with Gasteiger partial charge in [0.05, 0.1) is 6.61 Å². The zero-order valence-electron chi connectivity index (χ0n) is 11.5. The third-order valence-electron chi connectivity index (χ3n) is 4.61. The van der Waals surface area contributed by atoms with Gasteiger partial charge in [0, 0.05) is 31.7 Å². The van der Waals surface area contributed by atoms with E-state index in [0.29, 0.717) is 17.4 Å². The molecule has 0 spiro atoms. The summed E-state index contributed by atoms with van der Waals surface area (Å²) in [6.07, 6.45) is 3.61. The summed E-state index contributed by atoms with van der Waals surface area (Å²) in [5.41, 5.74) is 0.591. The molecule has 1 aliphatic heterocycles. The van der Waals surface area contributed by atoms with Gasteiger partial charge >= 0.3 is 0 Å². The number of ether oxygens (including phenoxy) is 1. The highest BCUT2D eigenvalue weighted by Gasteiger charge is 2.50. The summed E-state index contributed by atoms with van der Waals surface area (Å²) in [6.45, 7) is 4.17. The molecule has 0 bridgehead atoms. The van der Waals surface area contributed by atoms with Gasteiger partial charge < -0.3 is 14.2 Å². The smallest absolute Gasteiger partial charge is 0.276 e. The number of fused-ring (bicyclic) bond motifs is 1. The number of methoxy groups -OCH3 is 1. The third kappa shape index (κ3) is 2.06. The quantitative estimate of drug-likeness (QED) is 0.836. The Morgan fingerprint density at radius 2 is 2.53 bits per heavy atom. The Labute approximate surface area is 112 Å². The number of nitrogens with zero attached hydrogens (tertiary/aromatic N) is 2. The van der Waals surface area contributed by atoms with Crippen LogP contribution in [0, 0.1) is 18.3 Å². The standard InChI is InChI=1S/C14H20N2O3/c1-10-6-12(15-19-10)13(17)16-7-11-4-3-5-14(11,8-16)9-18-2/h6,11H,3-5,7-9H2,1-2H3/t11-,14+/m1/s1. The number of likely N-dealkylation sites (tertiary alicyclic amines) is 1. The predicted octanol–water partition coefficient (Wildman–Crippen LogP) is 1.87. The van der Waals surface area contributed by atoms with Gasteiger partial charge in [0.1, 0.15) is 5.76 Å². The van der Waals surface area contributed by atoms with E-state index >= 15 is 0 Å². The zero-order chi connectivity index (χ0) is 13.5. The first-order valence-corrected chi connectivity index (χ1v) is 6.86. The van der Waals surface area contributed by atoms with Crippen molar-refractivity contribution >= 4 is 5.91 Å². The number of rotatable bonds is 3. The molecule has 0 aromatic carbocycles. The summed E-state index contributed by atoms with van der Waals surface area (Å²) in [5, 5.41) is 3.83. The van der Waals surface area contributed by atoms with Gasteiger partial charge in [0.25, 0.3) is 5.91 Å². The number of aryl methyl sites for hydroxylation is 1. The van der Waals surface area contributed by atoms with E-state index in [9.17, 15) is 4.79 Å². The van der Waals surface area contributed by atoms with Crippen LogP contribution in [0.5, 0.6) is 0 Å². The molecule has 3 rings (SSSR count). The molecule has 0 N–H and O–H groups in total. The average molecular weight is 264 g/mol. The van der Waals surface area contributed by atoms with Crippen molar-refractivity contribution < 1.29 is 14.1 Å². The Morgan fingerprint density at radius 3 is 3.21 bits per heavy atom. The number of carbonyl (C=O) groups is 1. The molecule has 0 radical (unpaired) electrons. The topological polar surface area (TPSA) is 55.6 Å². The molecule has 5 nitrogen and oxygen atoms in total. The predicted molar refractivity (Wildman–Crippen MR) is 68.8 cm³/mol. The second-order valence-electron chi connectivity index (χ2n) is 5.89. The van der Waals surface area contributed by atoms with Gasteiger partial charge in [0.15, 0.2) is 5.69 Å². The fourth-order valence-electron chi connectivity index (χ4n) is 3.72. The lowest BCUT2D eigenvalue weighted by molar-refractivity contribution is 0.0620. The van der Waals surface area contributed by atoms with Gasteiger partial charge in [-0.2, -0.15) is 0 Å². The molecule has 19 heavy (non-hydrogen) atoms. The van der Waals surface area contributed by atoms with Crippen molar-refractivity contribution in [3.63, 3.8) is 0 Å². The Morgan fingerprint density at radius 1 is 1.68 bits per heavy atom. The van der Waals surface area contributed by atoms with Crippen molar-refractivity contribution in [2.75, 3.05) is 26.8 Å². The van der Waals surface area contributed by atoms with Gasteiger partial charge in [-0.15, -0.1) is 0 Å². The fraction of sp³-hybridized carbons (Fsp3) is 0.714. The molecule has 1 saturated heterocycles. The van der Waals surface area contributed by atoms with Crippen LogP contribution in [0.1, 0.15) is 35.5 Å². The van der Waals surface area contributed by atoms with E-state index in [-0.39, 0.29) is 11.3 Å². The number of carbonyl (C=O) groups excluding carboxylic acids is 1. The third-order valence-corrected chi connectivity index (χ3v) is 4.61. The molecule has 2 atom stereocenters. The highest BCUT2D eigenvalue weighted by atomic mass is 16.5. The van der Waals surface area contributed by atoms with E-state index in [1.807, 2.05) is 4.90 Å². The lowest BCUT2D eigenvalue weighted by Gasteiger charge is -2.27. The molecule has 2 heterocycles. The van der Waals surface area contributed by atoms with Gasteiger partial charge in [-0.05, 0) is 25.7 Å². The first-order valence-electron chi connectivity index (χ1n) is 6.86. The lowest BCUT2D eigenvalue weighted by atomic mass is 9.82. The molecule has 1 aliphatic carbocycles. The number of amides is 1. The first-order chi connectivity index (χ1) is 9.14. The number of hydrogen-bond donors (Lipinski definition) is 0. The summed E-state index contributed by atoms with van der Waals surface area (Å²) in [5.74, 6) is 1.24. The SMILES string of the molecule is COC[C@@]12CCC[C@@H]1CN(C(=O)c1cc(C)on1)C2. The van der Waals surface area contributed by atoms with Crippen molar-refractivity contribution in [2.45, 2.75) is 26.2 Å². The highest BCUT2D eigenvalue weighted by Crippen LogP contribution is 2.48. The van der Waals surface area contributed by atoms with Crippen molar-refractivity contribution in [2.24, 2.45) is 11.3 Å². The van der Waals surface area contributed by atoms with Crippen LogP contribution in [0.2, 0.25) is 0 Å². The normalized spacial score (nSPS) is 29.8. The van der Waals surface area contributed by atoms with Crippen LogP contribution in [-0.2, 0) is 4.74 Å². The Balaban J connectivity index is 1.76. The molecule has 104 valence electrons. The maximum atomic E-state index is 12.4. The van der Waals surface area contributed by atoms with Crippen LogP contribution in [-0.4, -0.2) is 42.8 Å². The van der Waals surface area contributed by atoms with E-state index in [1.54, 1.807) is 20.1 Å². The van der Waals surface area contributed by atoms with Gasteiger partial charge in [0.2, 0.25) is 0 Å². The molecule has 5 heteroatoms.